The molecular formula is C30H34N8O2S2. The second-order valence-corrected chi connectivity index (χ2v) is 14.9. The third kappa shape index (κ3) is 3.79. The lowest BCUT2D eigenvalue weighted by atomic mass is 9.63. The van der Waals surface area contributed by atoms with Crippen molar-refractivity contribution in [3.05, 3.63) is 33.5 Å². The Morgan fingerprint density at radius 2 is 2.02 bits per heavy atom. The van der Waals surface area contributed by atoms with Gasteiger partial charge in [-0.1, -0.05) is 5.16 Å². The van der Waals surface area contributed by atoms with Gasteiger partial charge in [0.25, 0.3) is 0 Å². The SMILES string of the molecule is C[C@@H]([C@@H]1CCCN1C1CC1)n1ncc2c(S(C)=O)nc(-c3noc4c3CCC[C@@]43CCCc4sc(N)c(C#N)c43)nc21. The van der Waals surface area contributed by atoms with Crippen molar-refractivity contribution in [2.75, 3.05) is 18.5 Å². The van der Waals surface area contributed by atoms with E-state index in [1.54, 1.807) is 12.5 Å². The van der Waals surface area contributed by atoms with Crippen LogP contribution in [0.1, 0.15) is 91.7 Å². The van der Waals surface area contributed by atoms with Crippen molar-refractivity contribution in [3.63, 3.8) is 0 Å². The van der Waals surface area contributed by atoms with Gasteiger partial charge in [0.2, 0.25) is 0 Å². The number of rotatable bonds is 5. The van der Waals surface area contributed by atoms with Crippen LogP contribution in [-0.4, -0.2) is 58.9 Å². The molecule has 1 saturated carbocycles. The molecule has 4 aliphatic rings. The van der Waals surface area contributed by atoms with E-state index >= 15 is 0 Å². The molecule has 2 fully saturated rings. The maximum atomic E-state index is 13.0. The van der Waals surface area contributed by atoms with Crippen molar-refractivity contribution >= 4 is 38.2 Å². The van der Waals surface area contributed by atoms with Crippen LogP contribution in [0.2, 0.25) is 0 Å². The number of nitrogens with two attached hydrogens (primary N) is 1. The van der Waals surface area contributed by atoms with Crippen molar-refractivity contribution in [1.82, 2.24) is 29.8 Å². The fourth-order valence-electron chi connectivity index (χ4n) is 8.10. The summed E-state index contributed by atoms with van der Waals surface area (Å²) in [6.45, 7) is 3.37. The minimum Gasteiger partial charge on any atom is -0.389 e. The van der Waals surface area contributed by atoms with Crippen molar-refractivity contribution in [1.29, 1.82) is 5.26 Å². The molecule has 0 bridgehead atoms. The zero-order chi connectivity index (χ0) is 28.7. The van der Waals surface area contributed by atoms with E-state index in [2.05, 4.69) is 23.0 Å². The Labute approximate surface area is 250 Å². The molecule has 0 amide bonds. The fourth-order valence-corrected chi connectivity index (χ4v) is 9.92. The number of nitrogen functional groups attached to an aromatic ring is 1. The Balaban J connectivity index is 1.26. The summed E-state index contributed by atoms with van der Waals surface area (Å²) in [7, 11) is -1.35. The molecule has 12 heteroatoms. The summed E-state index contributed by atoms with van der Waals surface area (Å²) in [4.78, 5) is 13.7. The first kappa shape index (κ1) is 26.5. The third-order valence-corrected chi connectivity index (χ3v) is 12.0. The number of nitrogens with zero attached hydrogens (tertiary/aromatic N) is 7. The fraction of sp³-hybridized carbons (Fsp3) is 0.567. The summed E-state index contributed by atoms with van der Waals surface area (Å²) in [5, 5.41) is 21.2. The van der Waals surface area contributed by atoms with Crippen molar-refractivity contribution in [3.8, 4) is 17.6 Å². The predicted molar refractivity (Wildman–Crippen MR) is 161 cm³/mol. The molecule has 10 nitrogen and oxygen atoms in total. The van der Waals surface area contributed by atoms with E-state index in [-0.39, 0.29) is 6.04 Å². The minimum absolute atomic E-state index is 0.120. The molecule has 3 aliphatic carbocycles. The zero-order valence-electron chi connectivity index (χ0n) is 23.9. The van der Waals surface area contributed by atoms with Gasteiger partial charge >= 0.3 is 0 Å². The van der Waals surface area contributed by atoms with Gasteiger partial charge in [0, 0.05) is 28.8 Å². The van der Waals surface area contributed by atoms with Gasteiger partial charge in [-0.05, 0) is 83.2 Å². The summed E-state index contributed by atoms with van der Waals surface area (Å²) >= 11 is 1.54. The monoisotopic (exact) mass is 602 g/mol. The molecule has 218 valence electrons. The van der Waals surface area contributed by atoms with Gasteiger partial charge in [0.1, 0.15) is 16.1 Å². The van der Waals surface area contributed by atoms with Crippen LogP contribution in [0.4, 0.5) is 5.00 Å². The van der Waals surface area contributed by atoms with Gasteiger partial charge in [-0.25, -0.2) is 14.6 Å². The maximum Gasteiger partial charge on any atom is 0.185 e. The highest BCUT2D eigenvalue weighted by Gasteiger charge is 2.49. The molecule has 1 unspecified atom stereocenters. The predicted octanol–water partition coefficient (Wildman–Crippen LogP) is 4.88. The molecule has 1 aliphatic heterocycles. The van der Waals surface area contributed by atoms with E-state index in [1.807, 2.05) is 4.68 Å². The Morgan fingerprint density at radius 3 is 2.79 bits per heavy atom. The summed E-state index contributed by atoms with van der Waals surface area (Å²) in [6, 6.07) is 3.61. The van der Waals surface area contributed by atoms with E-state index in [0.717, 1.165) is 73.8 Å². The van der Waals surface area contributed by atoms with Crippen LogP contribution >= 0.6 is 11.3 Å². The lowest BCUT2D eigenvalue weighted by Crippen LogP contribution is -2.37. The number of thiophene rings is 1. The highest BCUT2D eigenvalue weighted by Crippen LogP contribution is 2.55. The second kappa shape index (κ2) is 9.69. The molecule has 1 saturated heterocycles. The van der Waals surface area contributed by atoms with Crippen LogP contribution in [0.5, 0.6) is 0 Å². The number of fused-ring (bicyclic) bond motifs is 5. The number of aryl methyl sites for hydroxylation is 1. The van der Waals surface area contributed by atoms with Gasteiger partial charge < -0.3 is 10.3 Å². The van der Waals surface area contributed by atoms with E-state index < -0.39 is 16.2 Å². The smallest absolute Gasteiger partial charge is 0.185 e. The van der Waals surface area contributed by atoms with Crippen LogP contribution in [0.15, 0.2) is 15.7 Å². The largest absolute Gasteiger partial charge is 0.389 e. The van der Waals surface area contributed by atoms with Crippen LogP contribution in [-0.2, 0) is 29.1 Å². The van der Waals surface area contributed by atoms with Crippen molar-refractivity contribution < 1.29 is 8.73 Å². The summed E-state index contributed by atoms with van der Waals surface area (Å²) in [6.07, 6.45) is 13.8. The van der Waals surface area contributed by atoms with Crippen LogP contribution < -0.4 is 5.73 Å². The molecule has 8 rings (SSSR count). The van der Waals surface area contributed by atoms with Crippen molar-refractivity contribution in [2.45, 2.75) is 99.7 Å². The van der Waals surface area contributed by atoms with Gasteiger partial charge in [-0.3, -0.25) is 9.11 Å². The molecule has 5 heterocycles. The summed E-state index contributed by atoms with van der Waals surface area (Å²) in [5.74, 6) is 1.24. The number of aromatic nitrogens is 5. The molecule has 0 radical (unpaired) electrons. The number of hydrogen-bond acceptors (Lipinski definition) is 10. The minimum atomic E-state index is -1.35. The van der Waals surface area contributed by atoms with E-state index in [9.17, 15) is 9.47 Å². The molecule has 2 N–H and O–H groups in total. The van der Waals surface area contributed by atoms with E-state index in [1.165, 1.54) is 35.5 Å². The molecule has 4 aromatic heterocycles. The standard InChI is InChI=1S/C30H34N8O2S2/c1-16(21-7-5-13-37(21)17-9-10-17)38-28-20(15-33-38)29(42(2)39)35-27(34-28)24-18-6-3-11-30(25(18)40-36-24)12-4-8-22-23(30)19(14-31)26(32)41-22/h15-17,21H,3-13,32H2,1-2H3/t16-,21-,30-,42?/m0/s1. The number of hydrogen-bond donors (Lipinski definition) is 1. The van der Waals surface area contributed by atoms with E-state index in [0.29, 0.717) is 44.8 Å². The lowest BCUT2D eigenvalue weighted by Gasteiger charge is -2.39. The first-order valence-corrected chi connectivity index (χ1v) is 17.4. The molecule has 1 spiro atoms. The molecule has 42 heavy (non-hydrogen) atoms. The number of anilines is 1. The highest BCUT2D eigenvalue weighted by molar-refractivity contribution is 7.84. The second-order valence-electron chi connectivity index (χ2n) is 12.4. The first-order valence-electron chi connectivity index (χ1n) is 15.1. The van der Waals surface area contributed by atoms with E-state index in [4.69, 9.17) is 25.3 Å². The molecule has 4 atom stereocenters. The lowest BCUT2D eigenvalue weighted by molar-refractivity contribution is 0.186. The zero-order valence-corrected chi connectivity index (χ0v) is 25.6. The van der Waals surface area contributed by atoms with Crippen LogP contribution in [0.3, 0.4) is 0 Å². The van der Waals surface area contributed by atoms with Gasteiger partial charge in [-0.2, -0.15) is 10.4 Å². The quantitative estimate of drug-likeness (QED) is 0.317. The van der Waals surface area contributed by atoms with Gasteiger partial charge in [-0.15, -0.1) is 11.3 Å². The van der Waals surface area contributed by atoms with Crippen molar-refractivity contribution in [2.24, 2.45) is 0 Å². The Kier molecular flexibility index (Phi) is 6.11. The van der Waals surface area contributed by atoms with Crippen LogP contribution in [0.25, 0.3) is 22.6 Å². The highest BCUT2D eigenvalue weighted by atomic mass is 32.2. The summed E-state index contributed by atoms with van der Waals surface area (Å²) in [5.41, 5.74) is 9.83. The van der Waals surface area contributed by atoms with Gasteiger partial charge in [0.05, 0.1) is 39.4 Å². The number of nitriles is 1. The normalized spacial score (nSPS) is 25.4. The Bertz CT molecular complexity index is 1790. The first-order chi connectivity index (χ1) is 20.4. The Morgan fingerprint density at radius 1 is 1.21 bits per heavy atom. The Hall–Kier alpha value is -3.14. The average Bonchev–Trinajstić information content (AvgIpc) is 3.34. The van der Waals surface area contributed by atoms with Crippen LogP contribution in [0, 0.1) is 11.3 Å². The average molecular weight is 603 g/mol. The summed E-state index contributed by atoms with van der Waals surface area (Å²) < 4.78 is 21.2. The molecule has 0 aromatic carbocycles. The molecule has 4 aromatic rings. The van der Waals surface area contributed by atoms with Gasteiger partial charge in [0.15, 0.2) is 22.9 Å². The maximum absolute atomic E-state index is 13.0. The number of likely N-dealkylation sites (tertiary alicyclic amines) is 1. The topological polar surface area (TPSA) is 140 Å². The third-order valence-electron chi connectivity index (χ3n) is 10.1. The molecular weight excluding hydrogens is 569 g/mol.